The molecule has 29 heavy (non-hydrogen) atoms. The van der Waals surface area contributed by atoms with Gasteiger partial charge in [-0.2, -0.15) is 4.31 Å². The van der Waals surface area contributed by atoms with Crippen molar-refractivity contribution in [2.75, 3.05) is 25.2 Å². The number of carbonyl (C=O) groups excluding carboxylic acids is 2. The number of rotatable bonds is 5. The Hall–Kier alpha value is -2.71. The van der Waals surface area contributed by atoms with Gasteiger partial charge in [0, 0.05) is 31.9 Å². The summed E-state index contributed by atoms with van der Waals surface area (Å²) in [5.74, 6) is -0.667. The Morgan fingerprint density at radius 1 is 1.10 bits per heavy atom. The minimum Gasteiger partial charge on any atom is -0.345 e. The third kappa shape index (κ3) is 4.49. The minimum atomic E-state index is -3.57. The minimum absolute atomic E-state index is 0.0776. The van der Waals surface area contributed by atoms with Gasteiger partial charge in [-0.25, -0.2) is 8.42 Å². The van der Waals surface area contributed by atoms with Crippen LogP contribution in [0.15, 0.2) is 48.5 Å². The molecule has 1 atom stereocenters. The van der Waals surface area contributed by atoms with Crippen LogP contribution in [0.4, 0.5) is 5.69 Å². The fourth-order valence-corrected chi connectivity index (χ4v) is 4.62. The monoisotopic (exact) mass is 415 g/mol. The Labute approximate surface area is 171 Å². The lowest BCUT2D eigenvalue weighted by Gasteiger charge is -2.34. The van der Waals surface area contributed by atoms with Gasteiger partial charge in [0.2, 0.25) is 15.9 Å². The smallest absolute Gasteiger partial charge is 0.253 e. The molecule has 8 heteroatoms. The van der Waals surface area contributed by atoms with Gasteiger partial charge in [0.1, 0.15) is 6.04 Å². The highest BCUT2D eigenvalue weighted by atomic mass is 32.2. The third-order valence-electron chi connectivity index (χ3n) is 5.01. The van der Waals surface area contributed by atoms with Crippen molar-refractivity contribution in [1.29, 1.82) is 0 Å². The lowest BCUT2D eigenvalue weighted by atomic mass is 9.95. The maximum atomic E-state index is 13.1. The zero-order valence-corrected chi connectivity index (χ0v) is 17.6. The van der Waals surface area contributed by atoms with E-state index in [0.717, 1.165) is 11.1 Å². The normalized spacial score (nSPS) is 16.7. The number of hydrogen-bond acceptors (Lipinski definition) is 4. The van der Waals surface area contributed by atoms with E-state index in [2.05, 4.69) is 5.32 Å². The zero-order valence-electron chi connectivity index (χ0n) is 16.8. The van der Waals surface area contributed by atoms with Crippen molar-refractivity contribution in [2.45, 2.75) is 25.9 Å². The summed E-state index contributed by atoms with van der Waals surface area (Å²) >= 11 is 0. The molecule has 1 heterocycles. The standard InChI is InChI=1S/C21H25N3O4S/c1-4-29(27,28)24-14-17-9-6-5-8-15(17)13-19(24)20(25)22-18-11-7-10-16(12-18)21(26)23(2)3/h5-12,19H,4,13-14H2,1-3H3,(H,22,25). The van der Waals surface area contributed by atoms with Gasteiger partial charge in [0.25, 0.3) is 5.91 Å². The van der Waals surface area contributed by atoms with Crippen molar-refractivity contribution in [3.8, 4) is 0 Å². The van der Waals surface area contributed by atoms with Crippen LogP contribution in [0.1, 0.15) is 28.4 Å². The van der Waals surface area contributed by atoms with E-state index >= 15 is 0 Å². The van der Waals surface area contributed by atoms with Gasteiger partial charge < -0.3 is 10.2 Å². The highest BCUT2D eigenvalue weighted by molar-refractivity contribution is 7.89. The van der Waals surface area contributed by atoms with E-state index in [1.54, 1.807) is 45.3 Å². The average molecular weight is 416 g/mol. The number of amides is 2. The van der Waals surface area contributed by atoms with Gasteiger partial charge in [-0.05, 0) is 42.7 Å². The molecule has 0 saturated heterocycles. The van der Waals surface area contributed by atoms with Gasteiger partial charge in [0.15, 0.2) is 0 Å². The molecule has 0 saturated carbocycles. The molecule has 1 aliphatic rings. The molecule has 2 aromatic rings. The first-order valence-corrected chi connectivity index (χ1v) is 11.0. The van der Waals surface area contributed by atoms with Crippen LogP contribution in [-0.4, -0.2) is 55.3 Å². The summed E-state index contributed by atoms with van der Waals surface area (Å²) in [6.45, 7) is 1.74. The van der Waals surface area contributed by atoms with Crippen molar-refractivity contribution in [1.82, 2.24) is 9.21 Å². The second-order valence-corrected chi connectivity index (χ2v) is 9.41. The summed E-state index contributed by atoms with van der Waals surface area (Å²) < 4.78 is 26.6. The van der Waals surface area contributed by atoms with Crippen LogP contribution < -0.4 is 5.32 Å². The molecule has 3 rings (SSSR count). The number of anilines is 1. The van der Waals surface area contributed by atoms with Crippen LogP contribution in [0, 0.1) is 0 Å². The van der Waals surface area contributed by atoms with E-state index in [9.17, 15) is 18.0 Å². The number of nitrogens with one attached hydrogen (secondary N) is 1. The summed E-state index contributed by atoms with van der Waals surface area (Å²) in [4.78, 5) is 26.7. The van der Waals surface area contributed by atoms with Crippen molar-refractivity contribution in [3.05, 3.63) is 65.2 Å². The van der Waals surface area contributed by atoms with Crippen LogP contribution >= 0.6 is 0 Å². The number of hydrogen-bond donors (Lipinski definition) is 1. The predicted molar refractivity (Wildman–Crippen MR) is 112 cm³/mol. The molecule has 0 fully saturated rings. The molecule has 0 bridgehead atoms. The van der Waals surface area contributed by atoms with E-state index in [4.69, 9.17) is 0 Å². The quantitative estimate of drug-likeness (QED) is 0.810. The predicted octanol–water partition coefficient (Wildman–Crippen LogP) is 2.10. The molecule has 0 radical (unpaired) electrons. The molecule has 0 spiro atoms. The van der Waals surface area contributed by atoms with E-state index in [1.165, 1.54) is 9.21 Å². The average Bonchev–Trinajstić information content (AvgIpc) is 2.72. The van der Waals surface area contributed by atoms with Crippen molar-refractivity contribution in [3.63, 3.8) is 0 Å². The molecular formula is C21H25N3O4S. The van der Waals surface area contributed by atoms with E-state index in [0.29, 0.717) is 17.7 Å². The molecule has 0 aromatic heterocycles. The Morgan fingerprint density at radius 3 is 2.45 bits per heavy atom. The second kappa shape index (κ2) is 8.34. The zero-order chi connectivity index (χ0) is 21.2. The Balaban J connectivity index is 1.88. The summed E-state index contributed by atoms with van der Waals surface area (Å²) in [6, 6.07) is 13.3. The Morgan fingerprint density at radius 2 is 1.79 bits per heavy atom. The van der Waals surface area contributed by atoms with E-state index in [1.807, 2.05) is 24.3 Å². The number of sulfonamides is 1. The molecule has 7 nitrogen and oxygen atoms in total. The van der Waals surface area contributed by atoms with Crippen LogP contribution in [0.25, 0.3) is 0 Å². The van der Waals surface area contributed by atoms with Crippen LogP contribution in [0.3, 0.4) is 0 Å². The SMILES string of the molecule is CCS(=O)(=O)N1Cc2ccccc2CC1C(=O)Nc1cccc(C(=O)N(C)C)c1. The summed E-state index contributed by atoms with van der Waals surface area (Å²) in [6.07, 6.45) is 0.303. The summed E-state index contributed by atoms with van der Waals surface area (Å²) in [7, 11) is -0.265. The third-order valence-corrected chi connectivity index (χ3v) is 6.84. The second-order valence-electron chi connectivity index (χ2n) is 7.20. The maximum absolute atomic E-state index is 13.1. The first kappa shape index (κ1) is 21.0. The molecule has 2 aromatic carbocycles. The first-order chi connectivity index (χ1) is 13.7. The lowest BCUT2D eigenvalue weighted by Crippen LogP contribution is -2.51. The van der Waals surface area contributed by atoms with Gasteiger partial charge in [0.05, 0.1) is 5.75 Å². The molecule has 1 N–H and O–H groups in total. The van der Waals surface area contributed by atoms with Gasteiger partial charge in [-0.3, -0.25) is 9.59 Å². The highest BCUT2D eigenvalue weighted by Gasteiger charge is 2.38. The van der Waals surface area contributed by atoms with Gasteiger partial charge in [-0.15, -0.1) is 0 Å². The fraction of sp³-hybridized carbons (Fsp3) is 0.333. The Bertz CT molecular complexity index is 1030. The molecule has 1 aliphatic heterocycles. The summed E-state index contributed by atoms with van der Waals surface area (Å²) in [5, 5.41) is 2.79. The highest BCUT2D eigenvalue weighted by Crippen LogP contribution is 2.27. The number of carbonyl (C=O) groups is 2. The number of nitrogens with zero attached hydrogens (tertiary/aromatic N) is 2. The van der Waals surface area contributed by atoms with Crippen molar-refractivity contribution < 1.29 is 18.0 Å². The molecule has 0 aliphatic carbocycles. The largest absolute Gasteiger partial charge is 0.345 e. The molecule has 154 valence electrons. The topological polar surface area (TPSA) is 86.8 Å². The van der Waals surface area contributed by atoms with Crippen molar-refractivity contribution >= 4 is 27.5 Å². The first-order valence-electron chi connectivity index (χ1n) is 9.42. The Kier molecular flexibility index (Phi) is 6.04. The molecule has 1 unspecified atom stereocenters. The van der Waals surface area contributed by atoms with Crippen molar-refractivity contribution in [2.24, 2.45) is 0 Å². The van der Waals surface area contributed by atoms with E-state index < -0.39 is 22.0 Å². The number of fused-ring (bicyclic) bond motifs is 1. The van der Waals surface area contributed by atoms with Crippen LogP contribution in [-0.2, 0) is 27.8 Å². The number of benzene rings is 2. The molecular weight excluding hydrogens is 390 g/mol. The van der Waals surface area contributed by atoms with Gasteiger partial charge >= 0.3 is 0 Å². The van der Waals surface area contributed by atoms with Gasteiger partial charge in [-0.1, -0.05) is 30.3 Å². The van der Waals surface area contributed by atoms with Crippen LogP contribution in [0.2, 0.25) is 0 Å². The summed E-state index contributed by atoms with van der Waals surface area (Å²) in [5.41, 5.74) is 2.77. The lowest BCUT2D eigenvalue weighted by molar-refractivity contribution is -0.120. The fourth-order valence-electron chi connectivity index (χ4n) is 3.39. The van der Waals surface area contributed by atoms with E-state index in [-0.39, 0.29) is 18.2 Å². The maximum Gasteiger partial charge on any atom is 0.253 e. The van der Waals surface area contributed by atoms with Crippen LogP contribution in [0.5, 0.6) is 0 Å². The molecule has 2 amide bonds.